The van der Waals surface area contributed by atoms with Gasteiger partial charge in [-0.25, -0.2) is 0 Å². The summed E-state index contributed by atoms with van der Waals surface area (Å²) in [7, 11) is 0. The number of nitrogens with one attached hydrogen (secondary N) is 2. The lowest BCUT2D eigenvalue weighted by atomic mass is 9.79. The molecule has 2 aliphatic rings. The SMILES string of the molecule is CC(C)CC(=O)NCCCC(C#N)NC(=O)C1(N2CCOCC2)CCCCC1. The monoisotopic (exact) mass is 392 g/mol. The Morgan fingerprint density at radius 3 is 2.46 bits per heavy atom. The Labute approximate surface area is 169 Å². The van der Waals surface area contributed by atoms with E-state index in [1.54, 1.807) is 0 Å². The third-order valence-electron chi connectivity index (χ3n) is 5.77. The lowest BCUT2D eigenvalue weighted by molar-refractivity contribution is -0.140. The van der Waals surface area contributed by atoms with Gasteiger partial charge in [0.05, 0.1) is 19.3 Å². The molecule has 1 saturated carbocycles. The normalized spacial score (nSPS) is 20.9. The molecule has 1 saturated heterocycles. The molecule has 1 unspecified atom stereocenters. The standard InChI is InChI=1S/C21H36N4O3/c1-17(2)15-19(26)23-10-6-7-18(16-22)24-20(27)21(8-4-3-5-9-21)25-11-13-28-14-12-25/h17-18H,3-15H2,1-2H3,(H,23,26)(H,24,27). The number of morpholine rings is 1. The predicted molar refractivity (Wildman–Crippen MR) is 107 cm³/mol. The van der Waals surface area contributed by atoms with Crippen LogP contribution in [0.15, 0.2) is 0 Å². The van der Waals surface area contributed by atoms with Crippen molar-refractivity contribution in [2.45, 2.75) is 76.8 Å². The zero-order chi connectivity index (χ0) is 20.4. The molecule has 0 aromatic rings. The summed E-state index contributed by atoms with van der Waals surface area (Å²) in [5.41, 5.74) is -0.497. The van der Waals surface area contributed by atoms with Crippen LogP contribution in [0.1, 0.15) is 65.2 Å². The maximum absolute atomic E-state index is 13.2. The van der Waals surface area contributed by atoms with Crippen molar-refractivity contribution in [1.29, 1.82) is 5.26 Å². The highest BCUT2D eigenvalue weighted by molar-refractivity contribution is 5.87. The zero-order valence-corrected chi connectivity index (χ0v) is 17.5. The average Bonchev–Trinajstić information content (AvgIpc) is 2.70. The van der Waals surface area contributed by atoms with E-state index < -0.39 is 11.6 Å². The van der Waals surface area contributed by atoms with Crippen molar-refractivity contribution in [1.82, 2.24) is 15.5 Å². The van der Waals surface area contributed by atoms with Crippen LogP contribution in [-0.4, -0.2) is 61.1 Å². The molecule has 1 heterocycles. The van der Waals surface area contributed by atoms with Crippen LogP contribution < -0.4 is 10.6 Å². The van der Waals surface area contributed by atoms with Gasteiger partial charge in [0.15, 0.2) is 0 Å². The lowest BCUT2D eigenvalue weighted by Crippen LogP contribution is -2.63. The minimum atomic E-state index is -0.519. The predicted octanol–water partition coefficient (Wildman–Crippen LogP) is 1.97. The smallest absolute Gasteiger partial charge is 0.241 e. The molecule has 1 aliphatic carbocycles. The first-order chi connectivity index (χ1) is 13.5. The number of amides is 2. The summed E-state index contributed by atoms with van der Waals surface area (Å²) in [5.74, 6) is 0.364. The van der Waals surface area contributed by atoms with Gasteiger partial charge < -0.3 is 15.4 Å². The van der Waals surface area contributed by atoms with E-state index in [1.807, 2.05) is 13.8 Å². The van der Waals surface area contributed by atoms with Gasteiger partial charge in [0, 0.05) is 26.1 Å². The summed E-state index contributed by atoms with van der Waals surface area (Å²) in [4.78, 5) is 27.2. The largest absolute Gasteiger partial charge is 0.379 e. The van der Waals surface area contributed by atoms with Crippen LogP contribution in [-0.2, 0) is 14.3 Å². The van der Waals surface area contributed by atoms with E-state index in [1.165, 1.54) is 0 Å². The summed E-state index contributed by atoms with van der Waals surface area (Å²) >= 11 is 0. The Bertz CT molecular complexity index is 546. The van der Waals surface area contributed by atoms with Crippen molar-refractivity contribution >= 4 is 11.8 Å². The Kier molecular flexibility index (Phi) is 9.20. The number of nitrogens with zero attached hydrogens (tertiary/aromatic N) is 2. The number of hydrogen-bond donors (Lipinski definition) is 2. The molecule has 0 radical (unpaired) electrons. The molecular formula is C21H36N4O3. The van der Waals surface area contributed by atoms with Crippen molar-refractivity contribution in [3.05, 3.63) is 0 Å². The topological polar surface area (TPSA) is 94.5 Å². The van der Waals surface area contributed by atoms with Gasteiger partial charge in [0.25, 0.3) is 0 Å². The Hall–Kier alpha value is -1.65. The molecule has 1 aliphatic heterocycles. The molecule has 2 rings (SSSR count). The molecule has 28 heavy (non-hydrogen) atoms. The van der Waals surface area contributed by atoms with Crippen molar-refractivity contribution in [3.8, 4) is 6.07 Å². The fraction of sp³-hybridized carbons (Fsp3) is 0.857. The third-order valence-corrected chi connectivity index (χ3v) is 5.77. The Morgan fingerprint density at radius 2 is 1.86 bits per heavy atom. The van der Waals surface area contributed by atoms with Crippen molar-refractivity contribution < 1.29 is 14.3 Å². The number of nitriles is 1. The van der Waals surface area contributed by atoms with Gasteiger partial charge in [0.2, 0.25) is 11.8 Å². The molecule has 2 N–H and O–H groups in total. The number of ether oxygens (including phenoxy) is 1. The van der Waals surface area contributed by atoms with Crippen molar-refractivity contribution in [2.24, 2.45) is 5.92 Å². The summed E-state index contributed by atoms with van der Waals surface area (Å²) in [5, 5.41) is 15.4. The second kappa shape index (κ2) is 11.4. The molecule has 1 atom stereocenters. The summed E-state index contributed by atoms with van der Waals surface area (Å²) in [6, 6.07) is 1.71. The van der Waals surface area contributed by atoms with Gasteiger partial charge in [-0.2, -0.15) is 5.26 Å². The van der Waals surface area contributed by atoms with Crippen LogP contribution in [0.3, 0.4) is 0 Å². The third kappa shape index (κ3) is 6.46. The van der Waals surface area contributed by atoms with Gasteiger partial charge >= 0.3 is 0 Å². The first-order valence-electron chi connectivity index (χ1n) is 10.8. The van der Waals surface area contributed by atoms with Crippen LogP contribution in [0.2, 0.25) is 0 Å². The van der Waals surface area contributed by atoms with Gasteiger partial charge in [-0.3, -0.25) is 14.5 Å². The minimum Gasteiger partial charge on any atom is -0.379 e. The van der Waals surface area contributed by atoms with Gasteiger partial charge in [-0.05, 0) is 31.6 Å². The van der Waals surface area contributed by atoms with E-state index in [-0.39, 0.29) is 11.8 Å². The van der Waals surface area contributed by atoms with Gasteiger partial charge in [-0.15, -0.1) is 0 Å². The van der Waals surface area contributed by atoms with Gasteiger partial charge in [-0.1, -0.05) is 33.1 Å². The number of carbonyl (C=O) groups excluding carboxylic acids is 2. The second-order valence-corrected chi connectivity index (χ2v) is 8.44. The maximum Gasteiger partial charge on any atom is 0.241 e. The highest BCUT2D eigenvalue weighted by Gasteiger charge is 2.45. The zero-order valence-electron chi connectivity index (χ0n) is 17.5. The van der Waals surface area contributed by atoms with Crippen molar-refractivity contribution in [3.63, 3.8) is 0 Å². The molecule has 0 aromatic carbocycles. The molecule has 7 heteroatoms. The Balaban J connectivity index is 1.86. The molecule has 7 nitrogen and oxygen atoms in total. The van der Waals surface area contributed by atoms with Crippen LogP contribution in [0, 0.1) is 17.2 Å². The molecule has 2 amide bonds. The summed E-state index contributed by atoms with van der Waals surface area (Å²) in [6.45, 7) is 7.42. The van der Waals surface area contributed by atoms with E-state index in [4.69, 9.17) is 4.74 Å². The maximum atomic E-state index is 13.2. The number of rotatable bonds is 9. The van der Waals surface area contributed by atoms with Crippen LogP contribution in [0.25, 0.3) is 0 Å². The summed E-state index contributed by atoms with van der Waals surface area (Å²) < 4.78 is 5.47. The second-order valence-electron chi connectivity index (χ2n) is 8.44. The summed E-state index contributed by atoms with van der Waals surface area (Å²) in [6.07, 6.45) is 6.69. The van der Waals surface area contributed by atoms with E-state index in [9.17, 15) is 14.9 Å². The molecule has 2 fully saturated rings. The lowest BCUT2D eigenvalue weighted by Gasteiger charge is -2.46. The quantitative estimate of drug-likeness (QED) is 0.585. The van der Waals surface area contributed by atoms with Crippen LogP contribution in [0.4, 0.5) is 0 Å². The number of carbonyl (C=O) groups is 2. The number of hydrogen-bond acceptors (Lipinski definition) is 5. The fourth-order valence-corrected chi connectivity index (χ4v) is 4.25. The Morgan fingerprint density at radius 1 is 1.18 bits per heavy atom. The molecule has 0 spiro atoms. The van der Waals surface area contributed by atoms with Crippen molar-refractivity contribution in [2.75, 3.05) is 32.8 Å². The van der Waals surface area contributed by atoms with E-state index in [2.05, 4.69) is 21.6 Å². The fourth-order valence-electron chi connectivity index (χ4n) is 4.25. The van der Waals surface area contributed by atoms with Crippen LogP contribution >= 0.6 is 0 Å². The minimum absolute atomic E-state index is 0.00973. The van der Waals surface area contributed by atoms with E-state index in [0.29, 0.717) is 44.9 Å². The van der Waals surface area contributed by atoms with E-state index in [0.717, 1.165) is 45.2 Å². The average molecular weight is 393 g/mol. The van der Waals surface area contributed by atoms with E-state index >= 15 is 0 Å². The highest BCUT2D eigenvalue weighted by atomic mass is 16.5. The molecule has 0 bridgehead atoms. The molecule has 158 valence electrons. The van der Waals surface area contributed by atoms with Gasteiger partial charge in [0.1, 0.15) is 11.6 Å². The first kappa shape index (κ1) is 22.6. The highest BCUT2D eigenvalue weighted by Crippen LogP contribution is 2.34. The first-order valence-corrected chi connectivity index (χ1v) is 10.8. The molecular weight excluding hydrogens is 356 g/mol. The molecule has 0 aromatic heterocycles. The van der Waals surface area contributed by atoms with Crippen LogP contribution in [0.5, 0.6) is 0 Å².